The van der Waals surface area contributed by atoms with E-state index >= 15 is 0 Å². The van der Waals surface area contributed by atoms with E-state index in [1.54, 1.807) is 0 Å². The second-order valence-corrected chi connectivity index (χ2v) is 7.97. The molecule has 1 fully saturated rings. The molecule has 1 aliphatic rings. The lowest BCUT2D eigenvalue weighted by Gasteiger charge is -2.14. The number of allylic oxidation sites excluding steroid dienone is 1. The van der Waals surface area contributed by atoms with Gasteiger partial charge in [-0.15, -0.1) is 0 Å². The molecule has 0 saturated heterocycles. The average molecular weight is 391 g/mol. The van der Waals surface area contributed by atoms with Crippen LogP contribution in [-0.2, 0) is 9.59 Å². The van der Waals surface area contributed by atoms with Crippen LogP contribution >= 0.6 is 0 Å². The van der Waals surface area contributed by atoms with Crippen molar-refractivity contribution in [3.8, 4) is 11.1 Å². The zero-order chi connectivity index (χ0) is 20.5. The van der Waals surface area contributed by atoms with Gasteiger partial charge in [0.1, 0.15) is 5.78 Å². The van der Waals surface area contributed by atoms with Crippen LogP contribution in [0.15, 0.2) is 60.7 Å². The number of carbonyl (C=O) groups excluding carboxylic acids is 1. The third-order valence-electron chi connectivity index (χ3n) is 5.86. The van der Waals surface area contributed by atoms with Gasteiger partial charge in [-0.2, -0.15) is 0 Å². The average Bonchev–Trinajstić information content (AvgIpc) is 3.09. The molecule has 29 heavy (non-hydrogen) atoms. The van der Waals surface area contributed by atoms with Crippen LogP contribution in [0.3, 0.4) is 0 Å². The summed E-state index contributed by atoms with van der Waals surface area (Å²) in [6, 6.07) is 18.9. The summed E-state index contributed by atoms with van der Waals surface area (Å²) in [5.41, 5.74) is 3.59. The van der Waals surface area contributed by atoms with E-state index in [4.69, 9.17) is 5.11 Å². The SMILES string of the molecule is O=C(O)CCCCCC[C@@H]1C(=O)CC[C@H]1C=Cc1ccc(-c2ccccc2)cc1. The predicted molar refractivity (Wildman–Crippen MR) is 117 cm³/mol. The molecular weight excluding hydrogens is 360 g/mol. The van der Waals surface area contributed by atoms with Crippen molar-refractivity contribution in [3.63, 3.8) is 0 Å². The molecule has 1 saturated carbocycles. The Morgan fingerprint density at radius 3 is 2.34 bits per heavy atom. The lowest BCUT2D eigenvalue weighted by atomic mass is 9.89. The van der Waals surface area contributed by atoms with E-state index in [-0.39, 0.29) is 12.3 Å². The van der Waals surface area contributed by atoms with Gasteiger partial charge < -0.3 is 5.11 Å². The molecule has 0 heterocycles. The number of hydrogen-bond donors (Lipinski definition) is 1. The van der Waals surface area contributed by atoms with Gasteiger partial charge in [-0.25, -0.2) is 0 Å². The lowest BCUT2D eigenvalue weighted by Crippen LogP contribution is -2.13. The van der Waals surface area contributed by atoms with Crippen molar-refractivity contribution in [3.05, 3.63) is 66.2 Å². The molecule has 2 aromatic rings. The van der Waals surface area contributed by atoms with Crippen molar-refractivity contribution in [1.82, 2.24) is 0 Å². The van der Waals surface area contributed by atoms with Crippen molar-refractivity contribution in [2.45, 2.75) is 51.4 Å². The van der Waals surface area contributed by atoms with E-state index < -0.39 is 5.97 Å². The Kier molecular flexibility index (Phi) is 7.80. The van der Waals surface area contributed by atoms with Crippen LogP contribution in [0.5, 0.6) is 0 Å². The zero-order valence-corrected chi connectivity index (χ0v) is 16.9. The highest BCUT2D eigenvalue weighted by molar-refractivity contribution is 5.84. The Morgan fingerprint density at radius 1 is 0.931 bits per heavy atom. The number of carboxylic acid groups (broad SMARTS) is 1. The Bertz CT molecular complexity index is 821. The first kappa shape index (κ1) is 21.0. The molecule has 1 N–H and O–H groups in total. The first-order valence-corrected chi connectivity index (χ1v) is 10.7. The number of carbonyl (C=O) groups is 2. The Hall–Kier alpha value is -2.68. The van der Waals surface area contributed by atoms with Gasteiger partial charge in [0.15, 0.2) is 0 Å². The van der Waals surface area contributed by atoms with Gasteiger partial charge in [0.25, 0.3) is 0 Å². The standard InChI is InChI=1S/C26H30O3/c27-25-19-18-23(24(25)10-6-1-2-7-11-26(28)29)17-14-20-12-15-22(16-13-20)21-8-4-3-5-9-21/h3-5,8-9,12-17,23-24H,1-2,6-7,10-11,18-19H2,(H,28,29)/t23-,24+/m1/s1. The molecule has 3 heteroatoms. The normalized spacial score (nSPS) is 19.1. The summed E-state index contributed by atoms with van der Waals surface area (Å²) >= 11 is 0. The minimum Gasteiger partial charge on any atom is -0.481 e. The minimum atomic E-state index is -0.724. The molecule has 0 unspecified atom stereocenters. The van der Waals surface area contributed by atoms with Crippen molar-refractivity contribution in [2.24, 2.45) is 11.8 Å². The third-order valence-corrected chi connectivity index (χ3v) is 5.86. The van der Waals surface area contributed by atoms with E-state index in [1.165, 1.54) is 11.1 Å². The van der Waals surface area contributed by atoms with E-state index in [9.17, 15) is 9.59 Å². The summed E-state index contributed by atoms with van der Waals surface area (Å²) in [7, 11) is 0. The molecule has 0 aliphatic heterocycles. The van der Waals surface area contributed by atoms with Gasteiger partial charge >= 0.3 is 5.97 Å². The smallest absolute Gasteiger partial charge is 0.303 e. The fraction of sp³-hybridized carbons (Fsp3) is 0.385. The third kappa shape index (κ3) is 6.42. The largest absolute Gasteiger partial charge is 0.481 e. The molecular formula is C26H30O3. The molecule has 2 aromatic carbocycles. The molecule has 1 aliphatic carbocycles. The van der Waals surface area contributed by atoms with Gasteiger partial charge in [0.2, 0.25) is 0 Å². The van der Waals surface area contributed by atoms with E-state index in [2.05, 4.69) is 48.6 Å². The van der Waals surface area contributed by atoms with Gasteiger partial charge in [-0.05, 0) is 41.9 Å². The minimum absolute atomic E-state index is 0.134. The first-order valence-electron chi connectivity index (χ1n) is 10.7. The molecule has 152 valence electrons. The number of benzene rings is 2. The highest BCUT2D eigenvalue weighted by Gasteiger charge is 2.32. The summed E-state index contributed by atoms with van der Waals surface area (Å²) < 4.78 is 0. The zero-order valence-electron chi connectivity index (χ0n) is 16.9. The van der Waals surface area contributed by atoms with Crippen LogP contribution in [0.1, 0.15) is 56.9 Å². The summed E-state index contributed by atoms with van der Waals surface area (Å²) in [6.45, 7) is 0. The first-order chi connectivity index (χ1) is 14.1. The fourth-order valence-corrected chi connectivity index (χ4v) is 4.19. The fourth-order valence-electron chi connectivity index (χ4n) is 4.19. The summed E-state index contributed by atoms with van der Waals surface area (Å²) in [5, 5.41) is 8.69. The van der Waals surface area contributed by atoms with Crippen LogP contribution in [0.2, 0.25) is 0 Å². The lowest BCUT2D eigenvalue weighted by molar-refractivity contribution is -0.137. The molecule has 0 bridgehead atoms. The number of carboxylic acids is 1. The molecule has 0 amide bonds. The Balaban J connectivity index is 1.50. The topological polar surface area (TPSA) is 54.4 Å². The van der Waals surface area contributed by atoms with Crippen LogP contribution < -0.4 is 0 Å². The number of rotatable bonds is 10. The highest BCUT2D eigenvalue weighted by Crippen LogP contribution is 2.34. The van der Waals surface area contributed by atoms with Gasteiger partial charge in [-0.1, -0.05) is 86.0 Å². The van der Waals surface area contributed by atoms with Crippen LogP contribution in [0, 0.1) is 11.8 Å². The second-order valence-electron chi connectivity index (χ2n) is 7.97. The van der Waals surface area contributed by atoms with Crippen LogP contribution in [0.4, 0.5) is 0 Å². The number of Topliss-reactive ketones (excluding diaryl/α,β-unsaturated/α-hetero) is 1. The molecule has 3 rings (SSSR count). The quantitative estimate of drug-likeness (QED) is 0.478. The maximum atomic E-state index is 12.3. The van der Waals surface area contributed by atoms with Crippen molar-refractivity contribution in [2.75, 3.05) is 0 Å². The van der Waals surface area contributed by atoms with Crippen molar-refractivity contribution < 1.29 is 14.7 Å². The molecule has 0 aromatic heterocycles. The molecule has 0 radical (unpaired) electrons. The number of hydrogen-bond acceptors (Lipinski definition) is 2. The predicted octanol–water partition coefficient (Wildman–Crippen LogP) is 6.39. The molecule has 0 spiro atoms. The summed E-state index contributed by atoms with van der Waals surface area (Å²) in [5.74, 6) is 0.132. The molecule has 3 nitrogen and oxygen atoms in total. The number of aliphatic carboxylic acids is 1. The highest BCUT2D eigenvalue weighted by atomic mass is 16.4. The number of ketones is 1. The van der Waals surface area contributed by atoms with E-state index in [1.807, 2.05) is 18.2 Å². The van der Waals surface area contributed by atoms with Crippen LogP contribution in [0.25, 0.3) is 17.2 Å². The van der Waals surface area contributed by atoms with Gasteiger partial charge in [0.05, 0.1) is 0 Å². The maximum absolute atomic E-state index is 12.3. The van der Waals surface area contributed by atoms with E-state index in [0.29, 0.717) is 18.1 Å². The number of unbranched alkanes of at least 4 members (excludes halogenated alkanes) is 3. The Labute approximate surface area is 173 Å². The van der Waals surface area contributed by atoms with Crippen molar-refractivity contribution in [1.29, 1.82) is 0 Å². The molecule has 2 atom stereocenters. The Morgan fingerprint density at radius 2 is 1.62 bits per heavy atom. The van der Waals surface area contributed by atoms with Gasteiger partial charge in [0, 0.05) is 18.8 Å². The summed E-state index contributed by atoms with van der Waals surface area (Å²) in [4.78, 5) is 22.8. The van der Waals surface area contributed by atoms with Gasteiger partial charge in [-0.3, -0.25) is 9.59 Å². The van der Waals surface area contributed by atoms with Crippen LogP contribution in [-0.4, -0.2) is 16.9 Å². The van der Waals surface area contributed by atoms with E-state index in [0.717, 1.165) is 44.1 Å². The maximum Gasteiger partial charge on any atom is 0.303 e. The second kappa shape index (κ2) is 10.8. The monoisotopic (exact) mass is 390 g/mol. The summed E-state index contributed by atoms with van der Waals surface area (Å²) in [6.07, 6.45) is 10.9. The van der Waals surface area contributed by atoms with Crippen molar-refractivity contribution >= 4 is 17.8 Å².